The molecule has 1 saturated carbocycles. The Hall–Kier alpha value is -1.06. The lowest BCUT2D eigenvalue weighted by molar-refractivity contribution is -0.155. The number of nitrogens with zero attached hydrogens (tertiary/aromatic N) is 1. The molecule has 1 unspecified atom stereocenters. The van der Waals surface area contributed by atoms with E-state index in [1.165, 1.54) is 12.8 Å². The molecule has 0 radical (unpaired) electrons. The summed E-state index contributed by atoms with van der Waals surface area (Å²) in [5.74, 6) is 0.581. The van der Waals surface area contributed by atoms with Crippen molar-refractivity contribution in [2.24, 2.45) is 5.92 Å². The van der Waals surface area contributed by atoms with Crippen molar-refractivity contribution in [1.29, 1.82) is 0 Å². The number of piperazine rings is 1. The second-order valence-electron chi connectivity index (χ2n) is 6.05. The molecule has 2 aliphatic rings. The van der Waals surface area contributed by atoms with E-state index in [0.29, 0.717) is 12.3 Å². The van der Waals surface area contributed by atoms with E-state index in [1.807, 2.05) is 13.8 Å². The van der Waals surface area contributed by atoms with Gasteiger partial charge in [0, 0.05) is 5.54 Å². The van der Waals surface area contributed by atoms with Crippen LogP contribution in [0.25, 0.3) is 0 Å². The molecule has 2 rings (SSSR count). The van der Waals surface area contributed by atoms with Gasteiger partial charge in [-0.3, -0.25) is 9.59 Å². The molecule has 4 heteroatoms. The number of rotatable bonds is 3. The second-order valence-corrected chi connectivity index (χ2v) is 6.05. The number of nitrogens with one attached hydrogen (secondary N) is 1. The van der Waals surface area contributed by atoms with Gasteiger partial charge in [0.05, 0.1) is 0 Å². The molecule has 0 aromatic rings. The smallest absolute Gasteiger partial charge is 0.248 e. The third-order valence-electron chi connectivity index (χ3n) is 4.41. The molecule has 1 heterocycles. The summed E-state index contributed by atoms with van der Waals surface area (Å²) < 4.78 is 0. The summed E-state index contributed by atoms with van der Waals surface area (Å²) in [4.78, 5) is 26.1. The van der Waals surface area contributed by atoms with Crippen molar-refractivity contribution < 1.29 is 9.59 Å². The Labute approximate surface area is 103 Å². The van der Waals surface area contributed by atoms with Crippen LogP contribution in [0.5, 0.6) is 0 Å². The van der Waals surface area contributed by atoms with E-state index in [-0.39, 0.29) is 23.9 Å². The second kappa shape index (κ2) is 3.72. The van der Waals surface area contributed by atoms with Crippen LogP contribution in [0, 0.1) is 5.92 Å². The molecule has 2 amide bonds. The van der Waals surface area contributed by atoms with E-state index in [0.717, 1.165) is 0 Å². The highest BCUT2D eigenvalue weighted by Crippen LogP contribution is 2.44. The molecule has 1 aliphatic heterocycles. The van der Waals surface area contributed by atoms with Gasteiger partial charge in [-0.05, 0) is 46.0 Å². The highest BCUT2D eigenvalue weighted by atomic mass is 16.2. The summed E-state index contributed by atoms with van der Waals surface area (Å²) in [6.07, 6.45) is 2.97. The van der Waals surface area contributed by atoms with Gasteiger partial charge in [0.15, 0.2) is 0 Å². The first-order valence-electron chi connectivity index (χ1n) is 6.44. The molecule has 2 fully saturated rings. The molecule has 1 aliphatic carbocycles. The summed E-state index contributed by atoms with van der Waals surface area (Å²) in [6, 6.07) is 0. The maximum atomic E-state index is 12.5. The highest BCUT2D eigenvalue weighted by Gasteiger charge is 2.51. The average Bonchev–Trinajstić information content (AvgIpc) is 3.07. The van der Waals surface area contributed by atoms with Gasteiger partial charge in [0.2, 0.25) is 11.8 Å². The standard InChI is InChI=1S/C13H22N2O2/c1-5-13(4)11(17)15(8-10(16)14-13)12(2,3)9-6-7-9/h9H,5-8H2,1-4H3,(H,14,16). The van der Waals surface area contributed by atoms with Crippen LogP contribution in [0.1, 0.15) is 47.0 Å². The third kappa shape index (κ3) is 1.94. The molecule has 0 spiro atoms. The number of amides is 2. The highest BCUT2D eigenvalue weighted by molar-refractivity contribution is 5.98. The van der Waals surface area contributed by atoms with Gasteiger partial charge in [-0.15, -0.1) is 0 Å². The molecule has 1 N–H and O–H groups in total. The van der Waals surface area contributed by atoms with E-state index < -0.39 is 5.54 Å². The fourth-order valence-electron chi connectivity index (χ4n) is 2.63. The first kappa shape index (κ1) is 12.4. The Morgan fingerprint density at radius 1 is 1.41 bits per heavy atom. The minimum atomic E-state index is -0.721. The van der Waals surface area contributed by atoms with Crippen molar-refractivity contribution >= 4 is 11.8 Å². The predicted octanol–water partition coefficient (Wildman–Crippen LogP) is 1.30. The summed E-state index contributed by atoms with van der Waals surface area (Å²) in [5.41, 5.74) is -0.910. The van der Waals surface area contributed by atoms with Crippen molar-refractivity contribution in [3.63, 3.8) is 0 Å². The first-order chi connectivity index (χ1) is 7.81. The maximum absolute atomic E-state index is 12.5. The largest absolute Gasteiger partial charge is 0.340 e. The molecule has 0 bridgehead atoms. The van der Waals surface area contributed by atoms with Crippen molar-refractivity contribution in [2.45, 2.75) is 58.0 Å². The van der Waals surface area contributed by atoms with E-state index in [4.69, 9.17) is 0 Å². The molecule has 96 valence electrons. The van der Waals surface area contributed by atoms with Crippen LogP contribution in [0.3, 0.4) is 0 Å². The Balaban J connectivity index is 2.27. The maximum Gasteiger partial charge on any atom is 0.248 e. The lowest BCUT2D eigenvalue weighted by Gasteiger charge is -2.47. The van der Waals surface area contributed by atoms with Crippen LogP contribution >= 0.6 is 0 Å². The fraction of sp³-hybridized carbons (Fsp3) is 0.846. The van der Waals surface area contributed by atoms with Gasteiger partial charge in [-0.25, -0.2) is 0 Å². The molecule has 17 heavy (non-hydrogen) atoms. The minimum Gasteiger partial charge on any atom is -0.340 e. The number of carbonyl (C=O) groups excluding carboxylic acids is 2. The van der Waals surface area contributed by atoms with Crippen molar-refractivity contribution in [3.05, 3.63) is 0 Å². The average molecular weight is 238 g/mol. The van der Waals surface area contributed by atoms with Crippen LogP contribution in [0.2, 0.25) is 0 Å². The minimum absolute atomic E-state index is 0.0392. The van der Waals surface area contributed by atoms with Gasteiger partial charge in [0.1, 0.15) is 12.1 Å². The van der Waals surface area contributed by atoms with Crippen LogP contribution in [-0.4, -0.2) is 34.3 Å². The number of carbonyl (C=O) groups is 2. The number of hydrogen-bond donors (Lipinski definition) is 1. The van der Waals surface area contributed by atoms with E-state index in [9.17, 15) is 9.59 Å². The quantitative estimate of drug-likeness (QED) is 0.805. The van der Waals surface area contributed by atoms with Crippen LogP contribution < -0.4 is 5.32 Å². The molecule has 0 aromatic heterocycles. The molecule has 0 aromatic carbocycles. The Bertz CT molecular complexity index is 360. The van der Waals surface area contributed by atoms with Crippen LogP contribution in [0.15, 0.2) is 0 Å². The van der Waals surface area contributed by atoms with Gasteiger partial charge in [-0.2, -0.15) is 0 Å². The van der Waals surface area contributed by atoms with Gasteiger partial charge < -0.3 is 10.2 Å². The number of hydrogen-bond acceptors (Lipinski definition) is 2. The zero-order valence-corrected chi connectivity index (χ0v) is 11.2. The zero-order valence-electron chi connectivity index (χ0n) is 11.2. The van der Waals surface area contributed by atoms with E-state index >= 15 is 0 Å². The summed E-state index contributed by atoms with van der Waals surface area (Å²) in [7, 11) is 0. The molecular formula is C13H22N2O2. The normalized spacial score (nSPS) is 30.5. The SMILES string of the molecule is CCC1(C)NC(=O)CN(C(C)(C)C2CC2)C1=O. The Kier molecular flexibility index (Phi) is 2.71. The fourth-order valence-corrected chi connectivity index (χ4v) is 2.63. The van der Waals surface area contributed by atoms with Crippen molar-refractivity contribution in [1.82, 2.24) is 10.2 Å². The first-order valence-corrected chi connectivity index (χ1v) is 6.44. The van der Waals surface area contributed by atoms with E-state index in [1.54, 1.807) is 4.90 Å². The van der Waals surface area contributed by atoms with Crippen LogP contribution in [-0.2, 0) is 9.59 Å². The van der Waals surface area contributed by atoms with Crippen LogP contribution in [0.4, 0.5) is 0 Å². The predicted molar refractivity (Wildman–Crippen MR) is 65.4 cm³/mol. The van der Waals surface area contributed by atoms with Gasteiger partial charge in [-0.1, -0.05) is 6.92 Å². The van der Waals surface area contributed by atoms with Crippen molar-refractivity contribution in [3.8, 4) is 0 Å². The summed E-state index contributed by atoms with van der Waals surface area (Å²) in [6.45, 7) is 8.13. The third-order valence-corrected chi connectivity index (χ3v) is 4.41. The van der Waals surface area contributed by atoms with Crippen molar-refractivity contribution in [2.75, 3.05) is 6.54 Å². The van der Waals surface area contributed by atoms with Gasteiger partial charge in [0.25, 0.3) is 0 Å². The molecule has 4 nitrogen and oxygen atoms in total. The van der Waals surface area contributed by atoms with E-state index in [2.05, 4.69) is 19.2 Å². The molecule has 1 saturated heterocycles. The molecule has 1 atom stereocenters. The zero-order chi connectivity index (χ0) is 12.8. The summed E-state index contributed by atoms with van der Waals surface area (Å²) in [5, 5.41) is 2.82. The molecular weight excluding hydrogens is 216 g/mol. The topological polar surface area (TPSA) is 49.4 Å². The lowest BCUT2D eigenvalue weighted by Crippen LogP contribution is -2.69. The Morgan fingerprint density at radius 3 is 2.47 bits per heavy atom. The Morgan fingerprint density at radius 2 is 2.00 bits per heavy atom. The lowest BCUT2D eigenvalue weighted by atomic mass is 9.88. The monoisotopic (exact) mass is 238 g/mol. The summed E-state index contributed by atoms with van der Waals surface area (Å²) >= 11 is 0. The van der Waals surface area contributed by atoms with Gasteiger partial charge >= 0.3 is 0 Å².